The molecule has 0 aromatic carbocycles. The number of nitrogens with zero attached hydrogens (tertiary/aromatic N) is 1. The summed E-state index contributed by atoms with van der Waals surface area (Å²) in [5.74, 6) is 0. The van der Waals surface area contributed by atoms with E-state index in [2.05, 4.69) is 15.9 Å². The fraction of sp³-hybridized carbons (Fsp3) is 0.636. The van der Waals surface area contributed by atoms with Gasteiger partial charge in [0.25, 0.3) is 10.0 Å². The van der Waals surface area contributed by atoms with Crippen molar-refractivity contribution in [2.24, 2.45) is 0 Å². The van der Waals surface area contributed by atoms with Gasteiger partial charge in [0, 0.05) is 13.1 Å². The fourth-order valence-electron chi connectivity index (χ4n) is 1.89. The Morgan fingerprint density at radius 1 is 1.44 bits per heavy atom. The summed E-state index contributed by atoms with van der Waals surface area (Å²) in [5, 5.41) is 9.85. The van der Waals surface area contributed by atoms with Gasteiger partial charge in [-0.05, 0) is 54.2 Å². The third-order valence-corrected chi connectivity index (χ3v) is 7.71. The third-order valence-electron chi connectivity index (χ3n) is 3.23. The molecule has 0 bridgehead atoms. The van der Waals surface area contributed by atoms with Crippen LogP contribution in [-0.4, -0.2) is 36.5 Å². The zero-order valence-corrected chi connectivity index (χ0v) is 13.5. The number of piperidine rings is 1. The first-order valence-electron chi connectivity index (χ1n) is 5.71. The molecule has 102 valence electrons. The molecule has 1 aromatic heterocycles. The first-order chi connectivity index (χ1) is 8.22. The summed E-state index contributed by atoms with van der Waals surface area (Å²) in [5.41, 5.74) is 0.195. The van der Waals surface area contributed by atoms with Crippen LogP contribution in [0.5, 0.6) is 0 Å². The van der Waals surface area contributed by atoms with E-state index in [1.807, 2.05) is 6.92 Å². The van der Waals surface area contributed by atoms with Crippen molar-refractivity contribution in [2.45, 2.75) is 36.5 Å². The van der Waals surface area contributed by atoms with Crippen LogP contribution in [0, 0.1) is 6.92 Å². The number of sulfonamides is 1. The van der Waals surface area contributed by atoms with Crippen LogP contribution in [0.3, 0.4) is 0 Å². The number of aryl methyl sites for hydroxylation is 1. The Balaban J connectivity index is 2.22. The molecular weight excluding hydrogens is 338 g/mol. The molecule has 1 N–H and O–H groups in total. The zero-order chi connectivity index (χ0) is 13.6. The van der Waals surface area contributed by atoms with Gasteiger partial charge in [-0.3, -0.25) is 0 Å². The Hall–Kier alpha value is 0.0500. The first-order valence-corrected chi connectivity index (χ1v) is 8.76. The number of aliphatic hydroxyl groups is 1. The molecule has 0 spiro atoms. The van der Waals surface area contributed by atoms with Crippen molar-refractivity contribution >= 4 is 37.3 Å². The van der Waals surface area contributed by atoms with Gasteiger partial charge in [-0.15, -0.1) is 11.3 Å². The Morgan fingerprint density at radius 2 is 2.00 bits per heavy atom. The first kappa shape index (κ1) is 14.5. The van der Waals surface area contributed by atoms with Gasteiger partial charge >= 0.3 is 0 Å². The fourth-order valence-corrected chi connectivity index (χ4v) is 5.72. The molecule has 1 saturated heterocycles. The second-order valence-corrected chi connectivity index (χ2v) is 9.46. The highest BCUT2D eigenvalue weighted by atomic mass is 79.9. The van der Waals surface area contributed by atoms with E-state index in [0.717, 1.165) is 9.35 Å². The number of hydrogen-bond acceptors (Lipinski definition) is 4. The molecule has 0 saturated carbocycles. The van der Waals surface area contributed by atoms with Crippen LogP contribution >= 0.6 is 27.3 Å². The number of halogens is 1. The highest BCUT2D eigenvalue weighted by Gasteiger charge is 2.34. The lowest BCUT2D eigenvalue weighted by Gasteiger charge is -2.34. The van der Waals surface area contributed by atoms with Crippen molar-refractivity contribution in [3.8, 4) is 0 Å². The lowest BCUT2D eigenvalue weighted by molar-refractivity contribution is 0.0126. The maximum atomic E-state index is 12.4. The van der Waals surface area contributed by atoms with Crippen LogP contribution in [0.1, 0.15) is 25.3 Å². The monoisotopic (exact) mass is 353 g/mol. The van der Waals surface area contributed by atoms with Gasteiger partial charge in [0.1, 0.15) is 4.21 Å². The smallest absolute Gasteiger partial charge is 0.252 e. The molecule has 4 nitrogen and oxygen atoms in total. The van der Waals surface area contributed by atoms with Crippen molar-refractivity contribution < 1.29 is 13.5 Å². The van der Waals surface area contributed by atoms with Crippen LogP contribution in [0.15, 0.2) is 14.1 Å². The van der Waals surface area contributed by atoms with E-state index >= 15 is 0 Å². The van der Waals surface area contributed by atoms with E-state index < -0.39 is 15.6 Å². The van der Waals surface area contributed by atoms with Crippen LogP contribution in [-0.2, 0) is 10.0 Å². The molecule has 7 heteroatoms. The summed E-state index contributed by atoms with van der Waals surface area (Å²) >= 11 is 4.59. The normalized spacial score (nSPS) is 21.1. The van der Waals surface area contributed by atoms with Crippen LogP contribution < -0.4 is 0 Å². The Labute approximate surface area is 120 Å². The highest BCUT2D eigenvalue weighted by molar-refractivity contribution is 9.11. The van der Waals surface area contributed by atoms with Gasteiger partial charge in [0.2, 0.25) is 0 Å². The molecule has 18 heavy (non-hydrogen) atoms. The molecule has 2 heterocycles. The molecule has 0 aliphatic carbocycles. The molecule has 1 aliphatic heterocycles. The predicted molar refractivity (Wildman–Crippen MR) is 75.4 cm³/mol. The minimum atomic E-state index is -3.40. The highest BCUT2D eigenvalue weighted by Crippen LogP contribution is 2.34. The maximum Gasteiger partial charge on any atom is 0.252 e. The molecule has 0 amide bonds. The molecule has 0 atom stereocenters. The molecule has 0 radical (unpaired) electrons. The van der Waals surface area contributed by atoms with E-state index in [0.29, 0.717) is 30.1 Å². The van der Waals surface area contributed by atoms with Gasteiger partial charge in [-0.25, -0.2) is 8.42 Å². The minimum Gasteiger partial charge on any atom is -0.390 e. The van der Waals surface area contributed by atoms with Gasteiger partial charge in [0.15, 0.2) is 0 Å². The molecule has 1 aromatic rings. The van der Waals surface area contributed by atoms with E-state index in [1.54, 1.807) is 13.0 Å². The maximum absolute atomic E-state index is 12.4. The van der Waals surface area contributed by atoms with Crippen molar-refractivity contribution in [1.29, 1.82) is 0 Å². The Bertz CT molecular complexity index is 521. The summed E-state index contributed by atoms with van der Waals surface area (Å²) in [4.78, 5) is 0. The standard InChI is InChI=1S/C11H16BrNO3S2/c1-8-7-9(17-10(8)12)18(15,16)13-5-3-11(2,14)4-6-13/h7,14H,3-6H2,1-2H3. The van der Waals surface area contributed by atoms with E-state index in [4.69, 9.17) is 0 Å². The van der Waals surface area contributed by atoms with Gasteiger partial charge in [-0.1, -0.05) is 0 Å². The molecule has 0 unspecified atom stereocenters. The second-order valence-electron chi connectivity index (χ2n) is 4.92. The van der Waals surface area contributed by atoms with E-state index in [-0.39, 0.29) is 0 Å². The van der Waals surface area contributed by atoms with Crippen molar-refractivity contribution in [1.82, 2.24) is 4.31 Å². The average molecular weight is 354 g/mol. The van der Waals surface area contributed by atoms with E-state index in [9.17, 15) is 13.5 Å². The van der Waals surface area contributed by atoms with Crippen LogP contribution in [0.2, 0.25) is 0 Å². The van der Waals surface area contributed by atoms with Gasteiger partial charge < -0.3 is 5.11 Å². The SMILES string of the molecule is Cc1cc(S(=O)(=O)N2CCC(C)(O)CC2)sc1Br. The molecule has 1 fully saturated rings. The second kappa shape index (κ2) is 4.86. The van der Waals surface area contributed by atoms with Crippen molar-refractivity contribution in [2.75, 3.05) is 13.1 Å². The Morgan fingerprint density at radius 3 is 2.44 bits per heavy atom. The quantitative estimate of drug-likeness (QED) is 0.887. The topological polar surface area (TPSA) is 57.6 Å². The molecular formula is C11H16BrNO3S2. The minimum absolute atomic E-state index is 0.369. The van der Waals surface area contributed by atoms with Gasteiger partial charge in [0.05, 0.1) is 9.39 Å². The average Bonchev–Trinajstić information content (AvgIpc) is 2.59. The lowest BCUT2D eigenvalue weighted by atomic mass is 9.95. The molecule has 2 rings (SSSR count). The number of rotatable bonds is 2. The summed E-state index contributed by atoms with van der Waals surface area (Å²) in [7, 11) is -3.40. The van der Waals surface area contributed by atoms with Crippen molar-refractivity contribution in [3.05, 3.63) is 15.4 Å². The van der Waals surface area contributed by atoms with Gasteiger partial charge in [-0.2, -0.15) is 4.31 Å². The van der Waals surface area contributed by atoms with Crippen LogP contribution in [0.4, 0.5) is 0 Å². The lowest BCUT2D eigenvalue weighted by Crippen LogP contribution is -2.44. The third kappa shape index (κ3) is 2.80. The number of thiophene rings is 1. The predicted octanol–water partition coefficient (Wildman–Crippen LogP) is 2.35. The van der Waals surface area contributed by atoms with E-state index in [1.165, 1.54) is 15.6 Å². The molecule has 1 aliphatic rings. The summed E-state index contributed by atoms with van der Waals surface area (Å²) in [6, 6.07) is 1.69. The summed E-state index contributed by atoms with van der Waals surface area (Å²) < 4.78 is 27.5. The summed E-state index contributed by atoms with van der Waals surface area (Å²) in [6.07, 6.45) is 0.968. The van der Waals surface area contributed by atoms with Crippen LogP contribution in [0.25, 0.3) is 0 Å². The zero-order valence-electron chi connectivity index (χ0n) is 10.3. The summed E-state index contributed by atoms with van der Waals surface area (Å²) in [6.45, 7) is 4.39. The number of hydrogen-bond donors (Lipinski definition) is 1. The largest absolute Gasteiger partial charge is 0.390 e. The van der Waals surface area contributed by atoms with Crippen molar-refractivity contribution in [3.63, 3.8) is 0 Å². The Kier molecular flexibility index (Phi) is 3.91.